The fourth-order valence-corrected chi connectivity index (χ4v) is 3.03. The minimum atomic E-state index is 0.956. The third-order valence-corrected chi connectivity index (χ3v) is 4.54. The Morgan fingerprint density at radius 3 is 2.57 bits per heavy atom. The van der Waals surface area contributed by atoms with Crippen LogP contribution in [0, 0.1) is 0 Å². The summed E-state index contributed by atoms with van der Waals surface area (Å²) >= 11 is 1.77. The quantitative estimate of drug-likeness (QED) is 0.813. The third kappa shape index (κ3) is 3.64. The van der Waals surface area contributed by atoms with Crippen LogP contribution >= 0.6 is 11.8 Å². The van der Waals surface area contributed by atoms with Crippen LogP contribution in [-0.4, -0.2) is 42.3 Å². The molecule has 0 amide bonds. The molecule has 1 aliphatic rings. The van der Waals surface area contributed by atoms with Crippen LogP contribution < -0.4 is 5.32 Å². The molecule has 1 aliphatic heterocycles. The fourth-order valence-electron chi connectivity index (χ4n) is 2.62. The maximum absolute atomic E-state index is 4.61. The normalized spacial score (nSPS) is 16.0. The highest BCUT2D eigenvalue weighted by molar-refractivity contribution is 7.98. The van der Waals surface area contributed by atoms with Crippen molar-refractivity contribution in [3.63, 3.8) is 0 Å². The molecule has 1 radical (unpaired) electrons. The molecule has 1 saturated heterocycles. The van der Waals surface area contributed by atoms with Crippen molar-refractivity contribution >= 4 is 11.8 Å². The molecule has 1 fully saturated rings. The zero-order chi connectivity index (χ0) is 14.5. The highest BCUT2D eigenvalue weighted by Crippen LogP contribution is 2.25. The molecule has 0 N–H and O–H groups in total. The maximum Gasteiger partial charge on any atom is 0.0746 e. The Kier molecular flexibility index (Phi) is 4.91. The zero-order valence-electron chi connectivity index (χ0n) is 12.3. The molecule has 4 heteroatoms. The molecule has 3 rings (SSSR count). The van der Waals surface area contributed by atoms with Gasteiger partial charge in [-0.05, 0) is 30.0 Å². The van der Waals surface area contributed by atoms with Crippen molar-refractivity contribution in [2.24, 2.45) is 0 Å². The molecule has 0 spiro atoms. The first-order valence-corrected chi connectivity index (χ1v) is 8.53. The Bertz CT molecular complexity index is 577. The van der Waals surface area contributed by atoms with Gasteiger partial charge in [0.1, 0.15) is 0 Å². The van der Waals surface area contributed by atoms with Gasteiger partial charge in [0.25, 0.3) is 0 Å². The number of nitrogens with zero attached hydrogens (tertiary/aromatic N) is 3. The number of piperazine rings is 1. The molecule has 1 aromatic carbocycles. The molecule has 0 aliphatic carbocycles. The van der Waals surface area contributed by atoms with Gasteiger partial charge in [-0.3, -0.25) is 9.88 Å². The van der Waals surface area contributed by atoms with Gasteiger partial charge in [-0.2, -0.15) is 0 Å². The standard InChI is InChI=1S/C17H20N3S/c1-21-16-6-4-14(5-7-16)17-15(3-2-8-19-17)13-20-11-9-18-10-12-20/h2-8H,9-13H2,1H3. The molecular formula is C17H20N3S. The van der Waals surface area contributed by atoms with E-state index in [2.05, 4.69) is 51.8 Å². The summed E-state index contributed by atoms with van der Waals surface area (Å²) in [6.07, 6.45) is 3.98. The summed E-state index contributed by atoms with van der Waals surface area (Å²) < 4.78 is 0. The Labute approximate surface area is 130 Å². The summed E-state index contributed by atoms with van der Waals surface area (Å²) in [5.74, 6) is 0. The first kappa shape index (κ1) is 14.6. The molecule has 0 unspecified atom stereocenters. The van der Waals surface area contributed by atoms with E-state index in [0.717, 1.165) is 38.4 Å². The Hall–Kier alpha value is -1.36. The van der Waals surface area contributed by atoms with Crippen molar-refractivity contribution < 1.29 is 0 Å². The Balaban J connectivity index is 1.83. The van der Waals surface area contributed by atoms with Crippen molar-refractivity contribution in [2.75, 3.05) is 32.4 Å². The zero-order valence-corrected chi connectivity index (χ0v) is 13.1. The Morgan fingerprint density at radius 2 is 1.86 bits per heavy atom. The maximum atomic E-state index is 4.61. The van der Waals surface area contributed by atoms with Crippen molar-refractivity contribution in [1.29, 1.82) is 0 Å². The summed E-state index contributed by atoms with van der Waals surface area (Å²) in [7, 11) is 0. The number of rotatable bonds is 4. The molecule has 109 valence electrons. The van der Waals surface area contributed by atoms with Crippen LogP contribution in [0.1, 0.15) is 5.56 Å². The summed E-state index contributed by atoms with van der Waals surface area (Å²) in [5.41, 5.74) is 3.61. The van der Waals surface area contributed by atoms with Crippen LogP contribution in [0.15, 0.2) is 47.5 Å². The smallest absolute Gasteiger partial charge is 0.0746 e. The number of hydrogen-bond donors (Lipinski definition) is 0. The SMILES string of the molecule is CSc1ccc(-c2ncccc2CN2CC[N]CC2)cc1. The predicted molar refractivity (Wildman–Crippen MR) is 88.6 cm³/mol. The molecule has 21 heavy (non-hydrogen) atoms. The van der Waals surface area contributed by atoms with Gasteiger partial charge in [0, 0.05) is 49.4 Å². The van der Waals surface area contributed by atoms with E-state index >= 15 is 0 Å². The molecule has 3 nitrogen and oxygen atoms in total. The molecule has 0 bridgehead atoms. The van der Waals surface area contributed by atoms with Crippen LogP contribution in [0.2, 0.25) is 0 Å². The average Bonchev–Trinajstić information content (AvgIpc) is 2.56. The summed E-state index contributed by atoms with van der Waals surface area (Å²) in [5, 5.41) is 4.41. The minimum absolute atomic E-state index is 0.956. The van der Waals surface area contributed by atoms with Gasteiger partial charge in [0.05, 0.1) is 5.69 Å². The molecule has 1 aromatic heterocycles. The highest BCUT2D eigenvalue weighted by Gasteiger charge is 2.14. The van der Waals surface area contributed by atoms with Gasteiger partial charge >= 0.3 is 0 Å². The fraction of sp³-hybridized carbons (Fsp3) is 0.353. The third-order valence-electron chi connectivity index (χ3n) is 3.80. The number of pyridine rings is 1. The van der Waals surface area contributed by atoms with Crippen molar-refractivity contribution in [3.8, 4) is 11.3 Å². The minimum Gasteiger partial charge on any atom is -0.296 e. The second-order valence-corrected chi connectivity index (χ2v) is 6.07. The van der Waals surface area contributed by atoms with Gasteiger partial charge in [0.2, 0.25) is 0 Å². The molecular weight excluding hydrogens is 278 g/mol. The molecule has 0 atom stereocenters. The Morgan fingerprint density at radius 1 is 1.10 bits per heavy atom. The molecule has 2 aromatic rings. The van der Waals surface area contributed by atoms with Crippen LogP contribution in [0.25, 0.3) is 11.3 Å². The number of benzene rings is 1. The van der Waals surface area contributed by atoms with Crippen LogP contribution in [0.5, 0.6) is 0 Å². The van der Waals surface area contributed by atoms with E-state index in [4.69, 9.17) is 0 Å². The molecule has 2 heterocycles. The average molecular weight is 298 g/mol. The largest absolute Gasteiger partial charge is 0.296 e. The van der Waals surface area contributed by atoms with Crippen molar-refractivity contribution in [3.05, 3.63) is 48.2 Å². The monoisotopic (exact) mass is 298 g/mol. The summed E-state index contributed by atoms with van der Waals surface area (Å²) in [6, 6.07) is 12.9. The number of hydrogen-bond acceptors (Lipinski definition) is 3. The topological polar surface area (TPSA) is 30.2 Å². The summed E-state index contributed by atoms with van der Waals surface area (Å²) in [4.78, 5) is 8.36. The van der Waals surface area contributed by atoms with Gasteiger partial charge in [-0.25, -0.2) is 5.32 Å². The molecule has 0 saturated carbocycles. The highest BCUT2D eigenvalue weighted by atomic mass is 32.2. The lowest BCUT2D eigenvalue weighted by Gasteiger charge is -2.26. The first-order valence-electron chi connectivity index (χ1n) is 7.31. The number of thioether (sulfide) groups is 1. The predicted octanol–water partition coefficient (Wildman–Crippen LogP) is 2.89. The van der Waals surface area contributed by atoms with Crippen molar-refractivity contribution in [1.82, 2.24) is 15.2 Å². The van der Waals surface area contributed by atoms with Crippen LogP contribution in [-0.2, 0) is 6.54 Å². The van der Waals surface area contributed by atoms with Gasteiger partial charge in [-0.1, -0.05) is 18.2 Å². The lowest BCUT2D eigenvalue weighted by molar-refractivity contribution is 0.231. The van der Waals surface area contributed by atoms with Crippen molar-refractivity contribution in [2.45, 2.75) is 11.4 Å². The van der Waals surface area contributed by atoms with E-state index < -0.39 is 0 Å². The van der Waals surface area contributed by atoms with E-state index in [0.29, 0.717) is 0 Å². The van der Waals surface area contributed by atoms with Gasteiger partial charge in [0.15, 0.2) is 0 Å². The van der Waals surface area contributed by atoms with Crippen LogP contribution in [0.4, 0.5) is 0 Å². The lowest BCUT2D eigenvalue weighted by Crippen LogP contribution is -2.39. The lowest BCUT2D eigenvalue weighted by atomic mass is 10.1. The van der Waals surface area contributed by atoms with E-state index in [1.165, 1.54) is 16.0 Å². The van der Waals surface area contributed by atoms with Crippen LogP contribution in [0.3, 0.4) is 0 Å². The second-order valence-electron chi connectivity index (χ2n) is 5.19. The summed E-state index contributed by atoms with van der Waals surface area (Å²) in [6.45, 7) is 4.98. The number of aromatic nitrogens is 1. The van der Waals surface area contributed by atoms with E-state index in [9.17, 15) is 0 Å². The first-order chi connectivity index (χ1) is 10.4. The second kappa shape index (κ2) is 7.07. The van der Waals surface area contributed by atoms with Gasteiger partial charge in [-0.15, -0.1) is 11.8 Å². The van der Waals surface area contributed by atoms with E-state index in [1.807, 2.05) is 12.3 Å². The van der Waals surface area contributed by atoms with Gasteiger partial charge < -0.3 is 0 Å². The van der Waals surface area contributed by atoms with E-state index in [1.54, 1.807) is 11.8 Å². The van der Waals surface area contributed by atoms with E-state index in [-0.39, 0.29) is 0 Å².